The lowest BCUT2D eigenvalue weighted by atomic mass is 10.0. The summed E-state index contributed by atoms with van der Waals surface area (Å²) in [6.07, 6.45) is -6.56. The number of carboxylic acid groups (broad SMARTS) is 2. The van der Waals surface area contributed by atoms with Gasteiger partial charge in [-0.2, -0.15) is 0 Å². The number of nitrogens with zero attached hydrogens (tertiary/aromatic N) is 1. The van der Waals surface area contributed by atoms with Gasteiger partial charge in [-0.3, -0.25) is 52.7 Å². The Bertz CT molecular complexity index is 2500. The number of aliphatic carboxylic acids is 2. The van der Waals surface area contributed by atoms with Crippen molar-refractivity contribution in [3.8, 4) is 11.5 Å². The van der Waals surface area contributed by atoms with Crippen LogP contribution in [0.2, 0.25) is 0 Å². The molecule has 0 unspecified atom stereocenters. The Kier molecular flexibility index (Phi) is 24.8. The third kappa shape index (κ3) is 20.2. The number of nitrogens with one attached hydrogen (secondary N) is 7. The molecule has 2 aromatic rings. The maximum atomic E-state index is 14.1. The summed E-state index contributed by atoms with van der Waals surface area (Å²) in [5, 5.41) is 85.9. The van der Waals surface area contributed by atoms with E-state index < -0.39 is 170 Å². The van der Waals surface area contributed by atoms with Crippen molar-refractivity contribution in [1.82, 2.24) is 42.1 Å². The van der Waals surface area contributed by atoms with Gasteiger partial charge in [-0.25, -0.2) is 4.79 Å². The molecule has 78 heavy (non-hydrogen) atoms. The molecule has 0 bridgehead atoms. The van der Waals surface area contributed by atoms with Gasteiger partial charge in [0.2, 0.25) is 59.1 Å². The van der Waals surface area contributed by atoms with Crippen molar-refractivity contribution in [1.29, 1.82) is 0 Å². The van der Waals surface area contributed by atoms with E-state index in [0.29, 0.717) is 5.56 Å². The van der Waals surface area contributed by atoms with Crippen molar-refractivity contribution in [2.24, 2.45) is 17.2 Å². The number of carboxylic acids is 2. The van der Waals surface area contributed by atoms with Crippen molar-refractivity contribution < 1.29 is 93.3 Å². The zero-order chi connectivity index (χ0) is 58.6. The average molecular weight is 1100 g/mol. The first-order chi connectivity index (χ1) is 36.6. The van der Waals surface area contributed by atoms with Crippen LogP contribution in [0.1, 0.15) is 69.9 Å². The van der Waals surface area contributed by atoms with Crippen molar-refractivity contribution in [2.75, 3.05) is 13.2 Å². The zero-order valence-electron chi connectivity index (χ0n) is 42.5. The number of carbonyl (C=O) groups is 12. The highest BCUT2D eigenvalue weighted by Gasteiger charge is 2.41. The van der Waals surface area contributed by atoms with Crippen LogP contribution in [0.25, 0.3) is 0 Å². The maximum absolute atomic E-state index is 14.1. The van der Waals surface area contributed by atoms with Gasteiger partial charge in [-0.05, 0) is 74.9 Å². The van der Waals surface area contributed by atoms with Crippen LogP contribution in [0, 0.1) is 0 Å². The molecule has 1 aliphatic rings. The number of benzene rings is 2. The minimum atomic E-state index is -2.02. The predicted molar refractivity (Wildman–Crippen MR) is 267 cm³/mol. The maximum Gasteiger partial charge on any atom is 0.328 e. The summed E-state index contributed by atoms with van der Waals surface area (Å²) in [6, 6.07) is -4.78. The molecule has 1 saturated heterocycles. The largest absolute Gasteiger partial charge is 0.508 e. The Hall–Kier alpha value is -8.48. The molecule has 0 aromatic heterocycles. The van der Waals surface area contributed by atoms with Crippen molar-refractivity contribution >= 4 is 71.0 Å². The standard InChI is InChI=1S/C48H67N11O19/c1-22(61)38(46(75)56-33(21-60)47(76)59-17-3-4-34(59)45(74)55-31(19-25-7-11-27(64)12-8-25)44(73)58-39(23(2)62)48(77)78)57-43(72)30(18-24-5-9-26(63)10-6-24)53-42(71)32(20-37(67)68)54-41(70)29(14-16-36(51)66)52-40(69)28(49)13-15-35(50)65/h5-12,22-23,28-34,38-39,60-64H,3-4,13-21,49H2,1-2H3,(H2,50,65)(H2,51,66)(H,52,69)(H,53,71)(H,54,70)(H,55,74)(H,56,75)(H,57,72)(H,58,73)(H,67,68)(H,77,78)/t22-,23-,28+,29+,30+,31+,32+,33+,34+,38+,39+/m1/s1. The second-order valence-electron chi connectivity index (χ2n) is 18.4. The molecule has 30 heteroatoms. The summed E-state index contributed by atoms with van der Waals surface area (Å²) in [5.74, 6) is -14.3. The Balaban J connectivity index is 1.87. The van der Waals surface area contributed by atoms with Gasteiger partial charge in [0.15, 0.2) is 6.04 Å². The van der Waals surface area contributed by atoms with Crippen LogP contribution in [0.15, 0.2) is 48.5 Å². The molecule has 0 radical (unpaired) electrons. The van der Waals surface area contributed by atoms with Crippen LogP contribution in [0.3, 0.4) is 0 Å². The number of aliphatic hydroxyl groups excluding tert-OH is 3. The molecular weight excluding hydrogens is 1030 g/mol. The molecule has 0 spiro atoms. The summed E-state index contributed by atoms with van der Waals surface area (Å²) >= 11 is 0. The fourth-order valence-corrected chi connectivity index (χ4v) is 7.87. The van der Waals surface area contributed by atoms with E-state index in [1.165, 1.54) is 48.5 Å². The van der Waals surface area contributed by atoms with Crippen molar-refractivity contribution in [3.63, 3.8) is 0 Å². The van der Waals surface area contributed by atoms with Crippen LogP contribution >= 0.6 is 0 Å². The Morgan fingerprint density at radius 2 is 1.01 bits per heavy atom. The summed E-state index contributed by atoms with van der Waals surface area (Å²) in [6.45, 7) is 0.943. The molecule has 10 amide bonds. The van der Waals surface area contributed by atoms with Crippen LogP contribution in [0.4, 0.5) is 0 Å². The van der Waals surface area contributed by atoms with E-state index in [-0.39, 0.29) is 55.7 Å². The van der Waals surface area contributed by atoms with Crippen LogP contribution in [-0.4, -0.2) is 191 Å². The second-order valence-corrected chi connectivity index (χ2v) is 18.4. The summed E-state index contributed by atoms with van der Waals surface area (Å²) in [4.78, 5) is 157. The van der Waals surface area contributed by atoms with Crippen LogP contribution < -0.4 is 54.4 Å². The number of aliphatic hydroxyl groups is 3. The molecule has 1 aliphatic heterocycles. The van der Waals surface area contributed by atoms with E-state index in [0.717, 1.165) is 18.7 Å². The molecule has 3 rings (SSSR count). The monoisotopic (exact) mass is 1100 g/mol. The zero-order valence-corrected chi connectivity index (χ0v) is 42.5. The number of nitrogens with two attached hydrogens (primary N) is 3. The number of phenols is 2. The molecule has 428 valence electrons. The Morgan fingerprint density at radius 1 is 0.577 bits per heavy atom. The quantitative estimate of drug-likeness (QED) is 0.0334. The molecule has 1 heterocycles. The smallest absolute Gasteiger partial charge is 0.328 e. The number of phenolic OH excluding ortho intramolecular Hbond substituents is 2. The van der Waals surface area contributed by atoms with Crippen molar-refractivity contribution in [2.45, 2.75) is 138 Å². The first kappa shape index (κ1) is 63.8. The lowest BCUT2D eigenvalue weighted by molar-refractivity contribution is -0.146. The van der Waals surface area contributed by atoms with E-state index >= 15 is 0 Å². The van der Waals surface area contributed by atoms with Gasteiger partial charge in [0.25, 0.3) is 0 Å². The first-order valence-corrected chi connectivity index (χ1v) is 24.3. The van der Waals surface area contributed by atoms with E-state index in [1.807, 2.05) is 0 Å². The highest BCUT2D eigenvalue weighted by atomic mass is 16.4. The van der Waals surface area contributed by atoms with Crippen LogP contribution in [-0.2, 0) is 70.4 Å². The van der Waals surface area contributed by atoms with E-state index in [9.17, 15) is 93.3 Å². The first-order valence-electron chi connectivity index (χ1n) is 24.3. The third-order valence-corrected chi connectivity index (χ3v) is 12.1. The van der Waals surface area contributed by atoms with Gasteiger partial charge in [-0.15, -0.1) is 0 Å². The van der Waals surface area contributed by atoms with Gasteiger partial charge in [0.1, 0.15) is 53.8 Å². The molecular formula is C48H67N11O19. The molecule has 2 aromatic carbocycles. The van der Waals surface area contributed by atoms with Gasteiger partial charge in [0, 0.05) is 32.2 Å². The molecule has 0 aliphatic carbocycles. The second kappa shape index (κ2) is 30.3. The molecule has 20 N–H and O–H groups in total. The minimum Gasteiger partial charge on any atom is -0.508 e. The average Bonchev–Trinajstić information content (AvgIpc) is 3.87. The predicted octanol–water partition coefficient (Wildman–Crippen LogP) is -6.56. The fraction of sp³-hybridized carbons (Fsp3) is 0.500. The molecule has 30 nitrogen and oxygen atoms in total. The van der Waals surface area contributed by atoms with Gasteiger partial charge < -0.3 is 95.1 Å². The van der Waals surface area contributed by atoms with E-state index in [2.05, 4.69) is 37.2 Å². The normalized spacial score (nSPS) is 16.8. The summed E-state index contributed by atoms with van der Waals surface area (Å²) in [5.41, 5.74) is 16.8. The lowest BCUT2D eigenvalue weighted by Crippen LogP contribution is -2.62. The third-order valence-electron chi connectivity index (χ3n) is 12.1. The number of aromatic hydroxyl groups is 2. The Labute approximate surface area is 445 Å². The Morgan fingerprint density at radius 3 is 1.49 bits per heavy atom. The van der Waals surface area contributed by atoms with Gasteiger partial charge in [0.05, 0.1) is 31.3 Å². The topological polar surface area (TPSA) is 512 Å². The van der Waals surface area contributed by atoms with Gasteiger partial charge >= 0.3 is 11.9 Å². The highest BCUT2D eigenvalue weighted by molar-refractivity contribution is 5.99. The lowest BCUT2D eigenvalue weighted by Gasteiger charge is -2.31. The number of amides is 10. The fourth-order valence-electron chi connectivity index (χ4n) is 7.87. The van der Waals surface area contributed by atoms with Crippen molar-refractivity contribution in [3.05, 3.63) is 59.7 Å². The number of likely N-dealkylation sites (tertiary alicyclic amines) is 1. The number of hydrogen-bond donors (Lipinski definition) is 17. The van der Waals surface area contributed by atoms with E-state index in [4.69, 9.17) is 17.2 Å². The number of rotatable bonds is 31. The molecule has 0 saturated carbocycles. The van der Waals surface area contributed by atoms with Crippen LogP contribution in [0.5, 0.6) is 11.5 Å². The number of hydrogen-bond acceptors (Lipinski definition) is 18. The van der Waals surface area contributed by atoms with E-state index in [1.54, 1.807) is 0 Å². The SMILES string of the molecule is C[C@@H](O)[C@H](NC(=O)[C@H](Cc1ccc(O)cc1)NC(=O)[C@@H]1CCCN1C(=O)[C@H](CO)NC(=O)[C@@H](NC(=O)[C@H](Cc1ccc(O)cc1)NC(=O)[C@H](CC(=O)O)NC(=O)[C@H](CCC(N)=O)NC(=O)[C@@H](N)CCC(N)=O)[C@@H](C)O)C(=O)O. The summed E-state index contributed by atoms with van der Waals surface area (Å²) in [7, 11) is 0. The number of carbonyl (C=O) groups excluding carboxylic acids is 10. The summed E-state index contributed by atoms with van der Waals surface area (Å²) < 4.78 is 0. The minimum absolute atomic E-state index is 0.000960. The molecule has 1 fully saturated rings. The number of primary amides is 2. The molecule has 11 atom stereocenters. The highest BCUT2D eigenvalue weighted by Crippen LogP contribution is 2.20. The van der Waals surface area contributed by atoms with Gasteiger partial charge in [-0.1, -0.05) is 24.3 Å².